The maximum Gasteiger partial charge on any atom is 0.129 e. The van der Waals surface area contributed by atoms with E-state index in [-0.39, 0.29) is 6.10 Å². The van der Waals surface area contributed by atoms with Gasteiger partial charge in [-0.25, -0.2) is 0 Å². The first kappa shape index (κ1) is 15.9. The highest BCUT2D eigenvalue weighted by atomic mass is 16.5. The third kappa shape index (κ3) is 4.01. The molecule has 1 aromatic carbocycles. The largest absolute Gasteiger partial charge is 0.490 e. The minimum absolute atomic E-state index is 0.201. The quantitative estimate of drug-likeness (QED) is 0.831. The first-order valence-corrected chi connectivity index (χ1v) is 7.97. The van der Waals surface area contributed by atoms with Crippen molar-refractivity contribution in [1.82, 2.24) is 9.88 Å². The maximum absolute atomic E-state index is 5.89. The van der Waals surface area contributed by atoms with Crippen molar-refractivity contribution in [2.45, 2.75) is 53.3 Å². The third-order valence-corrected chi connectivity index (χ3v) is 3.96. The van der Waals surface area contributed by atoms with Crippen molar-refractivity contribution in [2.75, 3.05) is 6.54 Å². The molecule has 1 atom stereocenters. The molecular weight excluding hydrogens is 260 g/mol. The van der Waals surface area contributed by atoms with Gasteiger partial charge in [0.05, 0.1) is 11.6 Å². The zero-order valence-corrected chi connectivity index (χ0v) is 13.9. The van der Waals surface area contributed by atoms with Gasteiger partial charge in [0.2, 0.25) is 0 Å². The molecule has 0 saturated carbocycles. The number of nitrogens with zero attached hydrogens (tertiary/aromatic N) is 1. The van der Waals surface area contributed by atoms with Gasteiger partial charge in [0.15, 0.2) is 0 Å². The minimum atomic E-state index is 0.201. The Hall–Kier alpha value is -1.48. The van der Waals surface area contributed by atoms with E-state index in [0.29, 0.717) is 12.0 Å². The molecule has 0 amide bonds. The van der Waals surface area contributed by atoms with E-state index in [0.717, 1.165) is 18.8 Å². The standard InChI is InChI=1S/C18H28N2O/c1-13(2)15(5)19-10-12-20-11-9-16-17(20)7-6-8-18(16)21-14(3)4/h6-9,11,13-15,19H,10,12H2,1-5H3. The van der Waals surface area contributed by atoms with Gasteiger partial charge < -0.3 is 14.6 Å². The van der Waals surface area contributed by atoms with Crippen LogP contribution < -0.4 is 10.1 Å². The highest BCUT2D eigenvalue weighted by molar-refractivity contribution is 5.86. The van der Waals surface area contributed by atoms with Crippen LogP contribution in [0.1, 0.15) is 34.6 Å². The van der Waals surface area contributed by atoms with E-state index in [1.165, 1.54) is 10.9 Å². The Morgan fingerprint density at radius 2 is 1.86 bits per heavy atom. The van der Waals surface area contributed by atoms with Gasteiger partial charge in [-0.1, -0.05) is 19.9 Å². The van der Waals surface area contributed by atoms with E-state index in [1.807, 2.05) is 6.07 Å². The van der Waals surface area contributed by atoms with Crippen molar-refractivity contribution in [3.05, 3.63) is 30.5 Å². The Kier molecular flexibility index (Phi) is 5.29. The van der Waals surface area contributed by atoms with Crippen LogP contribution in [0.4, 0.5) is 0 Å². The summed E-state index contributed by atoms with van der Waals surface area (Å²) in [5.74, 6) is 1.64. The first-order valence-electron chi connectivity index (χ1n) is 7.97. The summed E-state index contributed by atoms with van der Waals surface area (Å²) in [5, 5.41) is 4.78. The van der Waals surface area contributed by atoms with Crippen LogP contribution in [-0.2, 0) is 6.54 Å². The summed E-state index contributed by atoms with van der Waals surface area (Å²) in [5.41, 5.74) is 1.24. The Balaban J connectivity index is 2.08. The van der Waals surface area contributed by atoms with Gasteiger partial charge in [-0.3, -0.25) is 0 Å². The highest BCUT2D eigenvalue weighted by Gasteiger charge is 2.09. The Bertz CT molecular complexity index is 572. The zero-order chi connectivity index (χ0) is 15.4. The molecule has 2 rings (SSSR count). The average molecular weight is 288 g/mol. The van der Waals surface area contributed by atoms with Gasteiger partial charge in [-0.05, 0) is 44.9 Å². The van der Waals surface area contributed by atoms with E-state index in [1.54, 1.807) is 0 Å². The van der Waals surface area contributed by atoms with Gasteiger partial charge in [0, 0.05) is 30.7 Å². The molecule has 0 aliphatic carbocycles. The number of fused-ring (bicyclic) bond motifs is 1. The summed E-state index contributed by atoms with van der Waals surface area (Å²) >= 11 is 0. The van der Waals surface area contributed by atoms with Crippen LogP contribution in [-0.4, -0.2) is 23.3 Å². The molecule has 0 fully saturated rings. The van der Waals surface area contributed by atoms with Crippen molar-refractivity contribution in [2.24, 2.45) is 5.92 Å². The lowest BCUT2D eigenvalue weighted by Crippen LogP contribution is -2.33. The summed E-state index contributed by atoms with van der Waals surface area (Å²) < 4.78 is 8.18. The van der Waals surface area contributed by atoms with Crippen LogP contribution in [0.5, 0.6) is 5.75 Å². The lowest BCUT2D eigenvalue weighted by Gasteiger charge is -2.18. The highest BCUT2D eigenvalue weighted by Crippen LogP contribution is 2.27. The fourth-order valence-electron chi connectivity index (χ4n) is 2.40. The van der Waals surface area contributed by atoms with Gasteiger partial charge in [0.25, 0.3) is 0 Å². The molecule has 1 unspecified atom stereocenters. The second-order valence-corrected chi connectivity index (χ2v) is 6.35. The summed E-state index contributed by atoms with van der Waals surface area (Å²) in [6.07, 6.45) is 2.35. The lowest BCUT2D eigenvalue weighted by atomic mass is 10.1. The Morgan fingerprint density at radius 3 is 2.52 bits per heavy atom. The molecule has 3 nitrogen and oxygen atoms in total. The number of aromatic nitrogens is 1. The second-order valence-electron chi connectivity index (χ2n) is 6.35. The van der Waals surface area contributed by atoms with Crippen molar-refractivity contribution >= 4 is 10.9 Å². The molecule has 3 heteroatoms. The number of rotatable bonds is 7. The van der Waals surface area contributed by atoms with Gasteiger partial charge >= 0.3 is 0 Å². The normalized spacial score (nSPS) is 13.3. The lowest BCUT2D eigenvalue weighted by molar-refractivity contribution is 0.245. The van der Waals surface area contributed by atoms with E-state index in [9.17, 15) is 0 Å². The molecular formula is C18H28N2O. The maximum atomic E-state index is 5.89. The van der Waals surface area contributed by atoms with E-state index < -0.39 is 0 Å². The van der Waals surface area contributed by atoms with E-state index in [2.05, 4.69) is 68.9 Å². The van der Waals surface area contributed by atoms with Crippen LogP contribution in [0.2, 0.25) is 0 Å². The predicted molar refractivity (Wildman–Crippen MR) is 90.0 cm³/mol. The monoisotopic (exact) mass is 288 g/mol. The number of nitrogens with one attached hydrogen (secondary N) is 1. The molecule has 0 radical (unpaired) electrons. The van der Waals surface area contributed by atoms with Crippen LogP contribution in [0.25, 0.3) is 10.9 Å². The van der Waals surface area contributed by atoms with Gasteiger partial charge in [-0.15, -0.1) is 0 Å². The number of benzene rings is 1. The summed E-state index contributed by atoms with van der Waals surface area (Å²) in [4.78, 5) is 0. The van der Waals surface area contributed by atoms with Crippen LogP contribution in [0.15, 0.2) is 30.5 Å². The smallest absolute Gasteiger partial charge is 0.129 e. The molecule has 1 aromatic heterocycles. The second kappa shape index (κ2) is 6.99. The molecule has 0 aliphatic rings. The average Bonchev–Trinajstić information content (AvgIpc) is 2.82. The topological polar surface area (TPSA) is 26.2 Å². The zero-order valence-electron chi connectivity index (χ0n) is 13.9. The number of hydrogen-bond acceptors (Lipinski definition) is 2. The van der Waals surface area contributed by atoms with E-state index >= 15 is 0 Å². The molecule has 21 heavy (non-hydrogen) atoms. The molecule has 0 saturated heterocycles. The first-order chi connectivity index (χ1) is 9.99. The van der Waals surface area contributed by atoms with Gasteiger partial charge in [0.1, 0.15) is 5.75 Å². The molecule has 0 aliphatic heterocycles. The summed E-state index contributed by atoms with van der Waals surface area (Å²) in [6.45, 7) is 12.8. The molecule has 2 aromatic rings. The third-order valence-electron chi connectivity index (χ3n) is 3.96. The Morgan fingerprint density at radius 1 is 1.10 bits per heavy atom. The van der Waals surface area contributed by atoms with Crippen LogP contribution in [0.3, 0.4) is 0 Å². The number of hydrogen-bond donors (Lipinski definition) is 1. The van der Waals surface area contributed by atoms with Crippen LogP contribution in [0, 0.1) is 5.92 Å². The molecule has 116 valence electrons. The SMILES string of the molecule is CC(C)Oc1cccc2c1ccn2CCNC(C)C(C)C. The summed E-state index contributed by atoms with van der Waals surface area (Å²) in [7, 11) is 0. The van der Waals surface area contributed by atoms with Gasteiger partial charge in [-0.2, -0.15) is 0 Å². The number of ether oxygens (including phenoxy) is 1. The van der Waals surface area contributed by atoms with Crippen LogP contribution >= 0.6 is 0 Å². The van der Waals surface area contributed by atoms with E-state index in [4.69, 9.17) is 4.74 Å². The van der Waals surface area contributed by atoms with Crippen molar-refractivity contribution in [1.29, 1.82) is 0 Å². The predicted octanol–water partition coefficient (Wildman–Crippen LogP) is 4.06. The van der Waals surface area contributed by atoms with Crippen molar-refractivity contribution in [3.8, 4) is 5.75 Å². The Labute approximate surface area is 128 Å². The fraction of sp³-hybridized carbons (Fsp3) is 0.556. The minimum Gasteiger partial charge on any atom is -0.490 e. The summed E-state index contributed by atoms with van der Waals surface area (Å²) in [6, 6.07) is 8.98. The molecule has 1 heterocycles. The van der Waals surface area contributed by atoms with Crippen molar-refractivity contribution < 1.29 is 4.74 Å². The molecule has 0 spiro atoms. The van der Waals surface area contributed by atoms with Crippen molar-refractivity contribution in [3.63, 3.8) is 0 Å². The molecule has 0 bridgehead atoms. The molecule has 1 N–H and O–H groups in total. The fourth-order valence-corrected chi connectivity index (χ4v) is 2.40.